The molecule has 0 saturated heterocycles. The summed E-state index contributed by atoms with van der Waals surface area (Å²) in [5.74, 6) is 0.128. The molecule has 0 aliphatic rings. The third-order valence-electron chi connectivity index (χ3n) is 7.54. The molecule has 1 N–H and O–H groups in total. The molecule has 4 aromatic carbocycles. The number of carboxylic acids is 1. The second-order valence-electron chi connectivity index (χ2n) is 10.6. The predicted molar refractivity (Wildman–Crippen MR) is 168 cm³/mol. The van der Waals surface area contributed by atoms with Gasteiger partial charge in [0.25, 0.3) is 0 Å². The van der Waals surface area contributed by atoms with Gasteiger partial charge in [-0.15, -0.1) is 0 Å². The van der Waals surface area contributed by atoms with Crippen molar-refractivity contribution < 1.29 is 9.90 Å². The van der Waals surface area contributed by atoms with Gasteiger partial charge in [0.1, 0.15) is 5.82 Å². The lowest BCUT2D eigenvalue weighted by Crippen LogP contribution is -2.05. The van der Waals surface area contributed by atoms with Crippen molar-refractivity contribution in [3.05, 3.63) is 131 Å². The van der Waals surface area contributed by atoms with Crippen molar-refractivity contribution in [1.29, 1.82) is 0 Å². The van der Waals surface area contributed by atoms with Gasteiger partial charge in [0, 0.05) is 36.3 Å². The van der Waals surface area contributed by atoms with Crippen molar-refractivity contribution in [2.24, 2.45) is 0 Å². The van der Waals surface area contributed by atoms with Crippen LogP contribution in [-0.2, 0) is 19.5 Å². The van der Waals surface area contributed by atoms with Crippen LogP contribution < -0.4 is 0 Å². The Morgan fingerprint density at radius 3 is 2.48 bits per heavy atom. The molecule has 6 aromatic rings. The zero-order valence-corrected chi connectivity index (χ0v) is 24.3. The largest absolute Gasteiger partial charge is 0.478 e. The van der Waals surface area contributed by atoms with Gasteiger partial charge in [-0.25, -0.2) is 14.8 Å². The van der Waals surface area contributed by atoms with Crippen LogP contribution >= 0.6 is 11.6 Å². The number of hydrogen-bond acceptors (Lipinski definition) is 3. The quantitative estimate of drug-likeness (QED) is 0.188. The Morgan fingerprint density at radius 2 is 1.71 bits per heavy atom. The molecule has 6 nitrogen and oxygen atoms in total. The Hall–Kier alpha value is -4.68. The van der Waals surface area contributed by atoms with Crippen LogP contribution in [0.25, 0.3) is 33.4 Å². The van der Waals surface area contributed by atoms with Gasteiger partial charge >= 0.3 is 5.97 Å². The van der Waals surface area contributed by atoms with Crippen molar-refractivity contribution in [2.75, 3.05) is 0 Å². The van der Waals surface area contributed by atoms with E-state index in [0.717, 1.165) is 68.2 Å². The number of halogens is 1. The molecule has 0 radical (unpaired) electrons. The van der Waals surface area contributed by atoms with Crippen LogP contribution in [0.5, 0.6) is 0 Å². The number of nitrogens with zero attached hydrogens (tertiary/aromatic N) is 4. The number of carboxylic acid groups (broad SMARTS) is 1. The van der Waals surface area contributed by atoms with Gasteiger partial charge in [-0.3, -0.25) is 0 Å². The maximum Gasteiger partial charge on any atom is 0.336 e. The molecule has 6 rings (SSSR count). The standard InChI is InChI=1S/C35H31ClN4O2/c1-3-7-33-38-34-23(2)16-27(31-21-39(22-37-31)19-25-8-6-9-28(36)17-25)18-32(34)40(33)20-24-12-14-26(15-13-24)29-10-4-5-11-30(29)35(41)42/h4-6,8-18,21-22H,3,7,19-20H2,1-2H3,(H,41,42). The third-order valence-corrected chi connectivity index (χ3v) is 7.78. The molecule has 0 amide bonds. The molecule has 0 bridgehead atoms. The molecule has 0 unspecified atom stereocenters. The maximum atomic E-state index is 11.7. The molecule has 0 spiro atoms. The lowest BCUT2D eigenvalue weighted by Gasteiger charge is -2.12. The van der Waals surface area contributed by atoms with Crippen LogP contribution in [-0.4, -0.2) is 30.2 Å². The molecule has 2 aromatic heterocycles. The van der Waals surface area contributed by atoms with Crippen molar-refractivity contribution in [3.8, 4) is 22.4 Å². The summed E-state index contributed by atoms with van der Waals surface area (Å²) in [6.07, 6.45) is 5.80. The lowest BCUT2D eigenvalue weighted by atomic mass is 9.98. The normalized spacial score (nSPS) is 11.3. The van der Waals surface area contributed by atoms with Gasteiger partial charge in [0.2, 0.25) is 0 Å². The van der Waals surface area contributed by atoms with E-state index in [1.165, 1.54) is 0 Å². The summed E-state index contributed by atoms with van der Waals surface area (Å²) in [6.45, 7) is 5.64. The van der Waals surface area contributed by atoms with Gasteiger partial charge < -0.3 is 14.2 Å². The minimum atomic E-state index is -0.927. The highest BCUT2D eigenvalue weighted by Crippen LogP contribution is 2.30. The monoisotopic (exact) mass is 574 g/mol. The highest BCUT2D eigenvalue weighted by atomic mass is 35.5. The van der Waals surface area contributed by atoms with E-state index in [9.17, 15) is 9.90 Å². The van der Waals surface area contributed by atoms with Crippen LogP contribution in [0.1, 0.15) is 46.2 Å². The van der Waals surface area contributed by atoms with E-state index in [0.29, 0.717) is 24.2 Å². The number of carbonyl (C=O) groups is 1. The van der Waals surface area contributed by atoms with Crippen LogP contribution in [0.15, 0.2) is 97.5 Å². The van der Waals surface area contributed by atoms with E-state index < -0.39 is 5.97 Å². The molecule has 0 aliphatic carbocycles. The van der Waals surface area contributed by atoms with E-state index in [4.69, 9.17) is 21.6 Å². The van der Waals surface area contributed by atoms with Gasteiger partial charge in [0.15, 0.2) is 0 Å². The summed E-state index contributed by atoms with van der Waals surface area (Å²) in [7, 11) is 0. The van der Waals surface area contributed by atoms with E-state index in [2.05, 4.69) is 59.5 Å². The SMILES string of the molecule is CCCc1nc2c(C)cc(-c3cn(Cc4cccc(Cl)c4)cn3)cc2n1Cc1ccc(-c2ccccc2C(=O)O)cc1. The van der Waals surface area contributed by atoms with E-state index in [1.54, 1.807) is 12.1 Å². The van der Waals surface area contributed by atoms with Crippen molar-refractivity contribution in [3.63, 3.8) is 0 Å². The number of imidazole rings is 2. The predicted octanol–water partition coefficient (Wildman–Crippen LogP) is 8.28. The number of rotatable bonds is 9. The highest BCUT2D eigenvalue weighted by Gasteiger charge is 2.16. The summed E-state index contributed by atoms with van der Waals surface area (Å²) in [4.78, 5) is 21.5. The molecule has 42 heavy (non-hydrogen) atoms. The van der Waals surface area contributed by atoms with E-state index >= 15 is 0 Å². The second kappa shape index (κ2) is 11.7. The summed E-state index contributed by atoms with van der Waals surface area (Å²) in [5.41, 5.74) is 9.31. The molecule has 2 heterocycles. The Kier molecular flexibility index (Phi) is 7.64. The van der Waals surface area contributed by atoms with Gasteiger partial charge in [0.05, 0.1) is 28.6 Å². The molecule has 7 heteroatoms. The molecular formula is C35H31ClN4O2. The second-order valence-corrected chi connectivity index (χ2v) is 11.1. The van der Waals surface area contributed by atoms with E-state index in [-0.39, 0.29) is 0 Å². The number of hydrogen-bond donors (Lipinski definition) is 1. The third kappa shape index (κ3) is 5.58. The van der Waals surface area contributed by atoms with Crippen molar-refractivity contribution in [1.82, 2.24) is 19.1 Å². The van der Waals surface area contributed by atoms with Gasteiger partial charge in [-0.1, -0.05) is 73.1 Å². The molecular weight excluding hydrogens is 544 g/mol. The Labute approximate surface area is 249 Å². The average molecular weight is 575 g/mol. The number of benzene rings is 4. The maximum absolute atomic E-state index is 11.7. The smallest absolute Gasteiger partial charge is 0.336 e. The molecule has 0 atom stereocenters. The van der Waals surface area contributed by atoms with Crippen LogP contribution in [0.4, 0.5) is 0 Å². The average Bonchev–Trinajstić information content (AvgIpc) is 3.59. The van der Waals surface area contributed by atoms with E-state index in [1.807, 2.05) is 48.8 Å². The van der Waals surface area contributed by atoms with Crippen LogP contribution in [0.3, 0.4) is 0 Å². The van der Waals surface area contributed by atoms with Crippen molar-refractivity contribution in [2.45, 2.75) is 39.8 Å². The van der Waals surface area contributed by atoms with Gasteiger partial charge in [-0.05, 0) is 71.5 Å². The Morgan fingerprint density at radius 1 is 0.905 bits per heavy atom. The number of aromatic nitrogens is 4. The molecule has 0 aliphatic heterocycles. The lowest BCUT2D eigenvalue weighted by molar-refractivity contribution is 0.0697. The molecule has 0 fully saturated rings. The Balaban J connectivity index is 1.33. The molecule has 210 valence electrons. The van der Waals surface area contributed by atoms with Crippen molar-refractivity contribution >= 4 is 28.6 Å². The first-order valence-electron chi connectivity index (χ1n) is 14.1. The fourth-order valence-corrected chi connectivity index (χ4v) is 5.73. The summed E-state index contributed by atoms with van der Waals surface area (Å²) < 4.78 is 4.38. The zero-order valence-electron chi connectivity index (χ0n) is 23.6. The number of fused-ring (bicyclic) bond motifs is 1. The van der Waals surface area contributed by atoms with Gasteiger partial charge in [-0.2, -0.15) is 0 Å². The minimum absolute atomic E-state index is 0.300. The first-order chi connectivity index (χ1) is 20.4. The summed E-state index contributed by atoms with van der Waals surface area (Å²) in [6, 6.07) is 27.5. The molecule has 0 saturated carbocycles. The number of aromatic carboxylic acids is 1. The summed E-state index contributed by atoms with van der Waals surface area (Å²) >= 11 is 6.18. The Bertz CT molecular complexity index is 1900. The fraction of sp³-hybridized carbons (Fsp3) is 0.171. The highest BCUT2D eigenvalue weighted by molar-refractivity contribution is 6.30. The minimum Gasteiger partial charge on any atom is -0.478 e. The fourth-order valence-electron chi connectivity index (χ4n) is 5.51. The van der Waals surface area contributed by atoms with Crippen LogP contribution in [0, 0.1) is 6.92 Å². The first kappa shape index (κ1) is 27.5. The number of aryl methyl sites for hydroxylation is 2. The van der Waals surface area contributed by atoms with Crippen LogP contribution in [0.2, 0.25) is 5.02 Å². The summed E-state index contributed by atoms with van der Waals surface area (Å²) in [5, 5.41) is 10.3. The first-order valence-corrected chi connectivity index (χ1v) is 14.5. The topological polar surface area (TPSA) is 72.9 Å². The zero-order chi connectivity index (χ0) is 29.2.